The van der Waals surface area contributed by atoms with Crippen LogP contribution in [-0.2, 0) is 4.79 Å². The van der Waals surface area contributed by atoms with Gasteiger partial charge in [0.05, 0.1) is 13.1 Å². The third-order valence-corrected chi connectivity index (χ3v) is 4.02. The van der Waals surface area contributed by atoms with Crippen LogP contribution in [0.5, 0.6) is 5.75 Å². The van der Waals surface area contributed by atoms with E-state index in [1.807, 2.05) is 61.7 Å². The van der Waals surface area contributed by atoms with Gasteiger partial charge in [-0.2, -0.15) is 0 Å². The Balaban J connectivity index is 1.67. The molecule has 2 N–H and O–H groups in total. The Bertz CT molecular complexity index is 646. The summed E-state index contributed by atoms with van der Waals surface area (Å²) in [5, 5.41) is 6.00. The summed E-state index contributed by atoms with van der Waals surface area (Å²) in [7, 11) is 0. The Morgan fingerprint density at radius 3 is 2.78 bits per heavy atom. The fourth-order valence-electron chi connectivity index (χ4n) is 2.09. The third-order valence-electron chi connectivity index (χ3n) is 3.23. The maximum absolute atomic E-state index is 11.8. The first-order valence-electron chi connectivity index (χ1n) is 7.52. The normalized spacial score (nSPS) is 10.2. The highest BCUT2D eigenvalue weighted by atomic mass is 32.2. The van der Waals surface area contributed by atoms with Gasteiger partial charge in [0.15, 0.2) is 0 Å². The predicted molar refractivity (Wildman–Crippen MR) is 96.4 cm³/mol. The van der Waals surface area contributed by atoms with Crippen LogP contribution in [0.15, 0.2) is 53.4 Å². The number of benzene rings is 2. The van der Waals surface area contributed by atoms with Crippen molar-refractivity contribution in [3.05, 3.63) is 54.1 Å². The lowest BCUT2D eigenvalue weighted by Gasteiger charge is -2.11. The molecule has 1 amide bonds. The Hall–Kier alpha value is -2.14. The molecule has 122 valence electrons. The number of nitrogens with one attached hydrogen (secondary N) is 2. The standard InChI is InChI=1S/C18H22N2O2S/c1-14-6-5-7-15(12-14)22-11-10-19-18(21)13-20-16-8-3-4-9-17(16)23-2/h3-9,12,20H,10-11,13H2,1-2H3,(H,19,21). The Labute approximate surface area is 141 Å². The quantitative estimate of drug-likeness (QED) is 0.576. The zero-order valence-corrected chi connectivity index (χ0v) is 14.3. The SMILES string of the molecule is CSc1ccccc1NCC(=O)NCCOc1cccc(C)c1. The fourth-order valence-corrected chi connectivity index (χ4v) is 2.67. The van der Waals surface area contributed by atoms with Crippen molar-refractivity contribution in [3.63, 3.8) is 0 Å². The van der Waals surface area contributed by atoms with Crippen molar-refractivity contribution < 1.29 is 9.53 Å². The van der Waals surface area contributed by atoms with Crippen molar-refractivity contribution in [1.82, 2.24) is 5.32 Å². The van der Waals surface area contributed by atoms with Crippen molar-refractivity contribution in [2.24, 2.45) is 0 Å². The summed E-state index contributed by atoms with van der Waals surface area (Å²) in [5.74, 6) is 0.778. The van der Waals surface area contributed by atoms with Crippen molar-refractivity contribution in [2.75, 3.05) is 31.3 Å². The number of hydrogen-bond acceptors (Lipinski definition) is 4. The first-order chi connectivity index (χ1) is 11.2. The lowest BCUT2D eigenvalue weighted by atomic mass is 10.2. The molecule has 0 spiro atoms. The van der Waals surface area contributed by atoms with E-state index in [1.54, 1.807) is 11.8 Å². The van der Waals surface area contributed by atoms with Crippen LogP contribution in [0.1, 0.15) is 5.56 Å². The van der Waals surface area contributed by atoms with E-state index in [2.05, 4.69) is 10.6 Å². The molecule has 2 rings (SSSR count). The van der Waals surface area contributed by atoms with Crippen LogP contribution in [-0.4, -0.2) is 31.9 Å². The van der Waals surface area contributed by atoms with E-state index in [4.69, 9.17) is 4.74 Å². The van der Waals surface area contributed by atoms with E-state index in [0.717, 1.165) is 21.9 Å². The number of ether oxygens (including phenoxy) is 1. The van der Waals surface area contributed by atoms with Gasteiger partial charge in [-0.05, 0) is 43.0 Å². The van der Waals surface area contributed by atoms with Crippen molar-refractivity contribution in [2.45, 2.75) is 11.8 Å². The average Bonchev–Trinajstić information content (AvgIpc) is 2.57. The zero-order chi connectivity index (χ0) is 16.5. The van der Waals surface area contributed by atoms with E-state index >= 15 is 0 Å². The number of hydrogen-bond donors (Lipinski definition) is 2. The van der Waals surface area contributed by atoms with Gasteiger partial charge >= 0.3 is 0 Å². The fraction of sp³-hybridized carbons (Fsp3) is 0.278. The van der Waals surface area contributed by atoms with E-state index in [1.165, 1.54) is 0 Å². The number of aryl methyl sites for hydroxylation is 1. The van der Waals surface area contributed by atoms with Gasteiger partial charge in [-0.15, -0.1) is 11.8 Å². The number of rotatable bonds is 8. The number of carbonyl (C=O) groups is 1. The van der Waals surface area contributed by atoms with E-state index in [9.17, 15) is 4.79 Å². The maximum atomic E-state index is 11.8. The maximum Gasteiger partial charge on any atom is 0.239 e. The zero-order valence-electron chi connectivity index (χ0n) is 13.5. The van der Waals surface area contributed by atoms with E-state index < -0.39 is 0 Å². The number of amides is 1. The summed E-state index contributed by atoms with van der Waals surface area (Å²) in [6.07, 6.45) is 2.02. The molecule has 0 saturated heterocycles. The summed E-state index contributed by atoms with van der Waals surface area (Å²) in [5.41, 5.74) is 2.13. The predicted octanol–water partition coefficient (Wildman–Crippen LogP) is 3.32. The summed E-state index contributed by atoms with van der Waals surface area (Å²) in [6.45, 7) is 3.21. The molecule has 0 aliphatic heterocycles. The highest BCUT2D eigenvalue weighted by molar-refractivity contribution is 7.98. The molecule has 0 heterocycles. The molecular weight excluding hydrogens is 308 g/mol. The smallest absolute Gasteiger partial charge is 0.239 e. The third kappa shape index (κ3) is 5.87. The Morgan fingerprint density at radius 1 is 1.17 bits per heavy atom. The number of carbonyl (C=O) groups excluding carboxylic acids is 1. The summed E-state index contributed by atoms with van der Waals surface area (Å²) in [4.78, 5) is 13.0. The van der Waals surface area contributed by atoms with Gasteiger partial charge in [0.2, 0.25) is 5.91 Å². The molecule has 0 atom stereocenters. The number of thioether (sulfide) groups is 1. The average molecular weight is 330 g/mol. The lowest BCUT2D eigenvalue weighted by Crippen LogP contribution is -2.33. The molecule has 0 aromatic heterocycles. The topological polar surface area (TPSA) is 50.4 Å². The molecule has 2 aromatic rings. The molecule has 4 nitrogen and oxygen atoms in total. The van der Waals surface area contributed by atoms with Gasteiger partial charge in [0.25, 0.3) is 0 Å². The molecule has 0 aliphatic carbocycles. The van der Waals surface area contributed by atoms with Crippen LogP contribution < -0.4 is 15.4 Å². The molecule has 0 fully saturated rings. The first kappa shape index (κ1) is 17.2. The number of para-hydroxylation sites is 1. The van der Waals surface area contributed by atoms with Crippen LogP contribution in [0, 0.1) is 6.92 Å². The van der Waals surface area contributed by atoms with Gasteiger partial charge in [-0.25, -0.2) is 0 Å². The van der Waals surface area contributed by atoms with Crippen LogP contribution in [0.4, 0.5) is 5.69 Å². The summed E-state index contributed by atoms with van der Waals surface area (Å²) >= 11 is 1.65. The first-order valence-corrected chi connectivity index (χ1v) is 8.74. The van der Waals surface area contributed by atoms with Crippen LogP contribution in [0.3, 0.4) is 0 Å². The molecule has 0 unspecified atom stereocenters. The number of anilines is 1. The second-order valence-corrected chi connectivity index (χ2v) is 5.92. The van der Waals surface area contributed by atoms with Gasteiger partial charge < -0.3 is 15.4 Å². The van der Waals surface area contributed by atoms with E-state index in [-0.39, 0.29) is 12.5 Å². The van der Waals surface area contributed by atoms with Crippen LogP contribution in [0.2, 0.25) is 0 Å². The Kier molecular flexibility index (Phi) is 6.81. The minimum absolute atomic E-state index is 0.0475. The molecule has 0 bridgehead atoms. The molecule has 5 heteroatoms. The highest BCUT2D eigenvalue weighted by Gasteiger charge is 2.04. The molecule has 2 aromatic carbocycles. The van der Waals surface area contributed by atoms with Crippen molar-refractivity contribution in [3.8, 4) is 5.75 Å². The second-order valence-electron chi connectivity index (χ2n) is 5.07. The molecular formula is C18H22N2O2S. The van der Waals surface area contributed by atoms with Gasteiger partial charge in [-0.1, -0.05) is 24.3 Å². The van der Waals surface area contributed by atoms with Gasteiger partial charge in [0.1, 0.15) is 12.4 Å². The van der Waals surface area contributed by atoms with Crippen molar-refractivity contribution >= 4 is 23.4 Å². The van der Waals surface area contributed by atoms with E-state index in [0.29, 0.717) is 13.2 Å². The monoisotopic (exact) mass is 330 g/mol. The molecule has 0 aliphatic rings. The molecule has 0 radical (unpaired) electrons. The van der Waals surface area contributed by atoms with Crippen molar-refractivity contribution in [1.29, 1.82) is 0 Å². The second kappa shape index (κ2) is 9.10. The summed E-state index contributed by atoms with van der Waals surface area (Å²) < 4.78 is 5.60. The van der Waals surface area contributed by atoms with Gasteiger partial charge in [-0.3, -0.25) is 4.79 Å². The highest BCUT2D eigenvalue weighted by Crippen LogP contribution is 2.24. The largest absolute Gasteiger partial charge is 0.492 e. The van der Waals surface area contributed by atoms with Crippen LogP contribution in [0.25, 0.3) is 0 Å². The van der Waals surface area contributed by atoms with Gasteiger partial charge in [0, 0.05) is 10.6 Å². The lowest BCUT2D eigenvalue weighted by molar-refractivity contribution is -0.119. The van der Waals surface area contributed by atoms with Crippen LogP contribution >= 0.6 is 11.8 Å². The molecule has 23 heavy (non-hydrogen) atoms. The summed E-state index contributed by atoms with van der Waals surface area (Å²) in [6, 6.07) is 15.8. The minimum atomic E-state index is -0.0475. The Morgan fingerprint density at radius 2 is 2.00 bits per heavy atom. The molecule has 0 saturated carbocycles. The minimum Gasteiger partial charge on any atom is -0.492 e.